The summed E-state index contributed by atoms with van der Waals surface area (Å²) >= 11 is 5.94. The third-order valence-corrected chi connectivity index (χ3v) is 2.54. The van der Waals surface area contributed by atoms with Crippen molar-refractivity contribution in [3.05, 3.63) is 35.0 Å². The summed E-state index contributed by atoms with van der Waals surface area (Å²) in [4.78, 5) is 4.18. The monoisotopic (exact) mass is 236 g/mol. The third kappa shape index (κ3) is 2.04. The smallest absolute Gasteiger partial charge is 0.292 e. The van der Waals surface area contributed by atoms with Crippen LogP contribution in [0.25, 0.3) is 11.3 Å². The van der Waals surface area contributed by atoms with Crippen LogP contribution in [-0.4, -0.2) is 4.98 Å². The highest BCUT2D eigenvalue weighted by Crippen LogP contribution is 2.31. The minimum absolute atomic E-state index is 0.193. The second kappa shape index (κ2) is 4.18. The molecule has 0 bridgehead atoms. The Balaban J connectivity index is 2.55. The molecular weight excluding hydrogens is 224 g/mol. The summed E-state index contributed by atoms with van der Waals surface area (Å²) in [6.45, 7) is 4.09. The summed E-state index contributed by atoms with van der Waals surface area (Å²) in [7, 11) is 0. The van der Waals surface area contributed by atoms with E-state index in [1.165, 1.54) is 0 Å². The van der Waals surface area contributed by atoms with Crippen LogP contribution in [0.4, 0.5) is 6.01 Å². The van der Waals surface area contributed by atoms with Crippen molar-refractivity contribution in [2.45, 2.75) is 19.8 Å². The second-order valence-corrected chi connectivity index (χ2v) is 4.37. The molecule has 0 saturated heterocycles. The lowest BCUT2D eigenvalue weighted by Gasteiger charge is -2.03. The SMILES string of the molecule is CC(C)c1nc(N)oc1-c1cccc(Cl)c1. The van der Waals surface area contributed by atoms with Gasteiger partial charge in [-0.25, -0.2) is 0 Å². The Morgan fingerprint density at radius 1 is 1.38 bits per heavy atom. The molecule has 0 saturated carbocycles. The first-order valence-corrected chi connectivity index (χ1v) is 5.48. The number of hydrogen-bond acceptors (Lipinski definition) is 3. The lowest BCUT2D eigenvalue weighted by molar-refractivity contribution is 0.592. The van der Waals surface area contributed by atoms with Crippen molar-refractivity contribution >= 4 is 17.6 Å². The maximum absolute atomic E-state index is 5.94. The standard InChI is InChI=1S/C12H13ClN2O/c1-7(2)10-11(16-12(14)15-10)8-4-3-5-9(13)6-8/h3-7H,1-2H3,(H2,14,15). The maximum Gasteiger partial charge on any atom is 0.292 e. The van der Waals surface area contributed by atoms with Gasteiger partial charge in [0.1, 0.15) is 0 Å². The highest BCUT2D eigenvalue weighted by Gasteiger charge is 2.16. The van der Waals surface area contributed by atoms with Crippen molar-refractivity contribution in [3.8, 4) is 11.3 Å². The predicted octanol–water partition coefficient (Wildman–Crippen LogP) is 3.70. The van der Waals surface area contributed by atoms with E-state index in [1.54, 1.807) is 0 Å². The van der Waals surface area contributed by atoms with Gasteiger partial charge in [0.25, 0.3) is 6.01 Å². The topological polar surface area (TPSA) is 52.0 Å². The lowest BCUT2D eigenvalue weighted by Crippen LogP contribution is -1.91. The average molecular weight is 237 g/mol. The number of oxazole rings is 1. The molecule has 16 heavy (non-hydrogen) atoms. The van der Waals surface area contributed by atoms with Gasteiger partial charge >= 0.3 is 0 Å². The third-order valence-electron chi connectivity index (χ3n) is 2.30. The van der Waals surface area contributed by atoms with Crippen LogP contribution in [0.2, 0.25) is 5.02 Å². The van der Waals surface area contributed by atoms with Crippen LogP contribution in [0.1, 0.15) is 25.5 Å². The first-order valence-electron chi connectivity index (χ1n) is 5.10. The molecule has 1 aromatic heterocycles. The molecule has 0 fully saturated rings. The zero-order valence-corrected chi connectivity index (χ0v) is 9.95. The van der Waals surface area contributed by atoms with Crippen LogP contribution in [0.5, 0.6) is 0 Å². The summed E-state index contributed by atoms with van der Waals surface area (Å²) in [5.41, 5.74) is 7.35. The van der Waals surface area contributed by atoms with Crippen molar-refractivity contribution in [1.82, 2.24) is 4.98 Å². The van der Waals surface area contributed by atoms with Crippen molar-refractivity contribution in [2.75, 3.05) is 5.73 Å². The van der Waals surface area contributed by atoms with Gasteiger partial charge in [0.05, 0.1) is 5.69 Å². The van der Waals surface area contributed by atoms with Crippen molar-refractivity contribution < 1.29 is 4.42 Å². The summed E-state index contributed by atoms with van der Waals surface area (Å²) in [6, 6.07) is 7.66. The number of anilines is 1. The van der Waals surface area contributed by atoms with Gasteiger partial charge in [0.15, 0.2) is 5.76 Å². The van der Waals surface area contributed by atoms with Gasteiger partial charge in [-0.15, -0.1) is 0 Å². The molecule has 2 N–H and O–H groups in total. The van der Waals surface area contributed by atoms with E-state index in [2.05, 4.69) is 4.98 Å². The van der Waals surface area contributed by atoms with Gasteiger partial charge < -0.3 is 10.2 Å². The van der Waals surface area contributed by atoms with Crippen LogP contribution in [0, 0.1) is 0 Å². The van der Waals surface area contributed by atoms with E-state index in [-0.39, 0.29) is 11.9 Å². The Hall–Kier alpha value is -1.48. The summed E-state index contributed by atoms with van der Waals surface area (Å²) in [5, 5.41) is 0.669. The van der Waals surface area contributed by atoms with Gasteiger partial charge in [-0.1, -0.05) is 37.6 Å². The van der Waals surface area contributed by atoms with Crippen LogP contribution in [-0.2, 0) is 0 Å². The number of nitrogen functional groups attached to an aromatic ring is 1. The molecule has 4 heteroatoms. The van der Waals surface area contributed by atoms with Crippen LogP contribution in [0.3, 0.4) is 0 Å². The molecule has 0 spiro atoms. The van der Waals surface area contributed by atoms with E-state index in [0.29, 0.717) is 10.8 Å². The molecule has 0 aliphatic heterocycles. The highest BCUT2D eigenvalue weighted by molar-refractivity contribution is 6.30. The van der Waals surface area contributed by atoms with E-state index >= 15 is 0 Å². The molecule has 0 aliphatic rings. The number of nitrogens with two attached hydrogens (primary N) is 1. The van der Waals surface area contributed by atoms with Crippen molar-refractivity contribution in [1.29, 1.82) is 0 Å². The highest BCUT2D eigenvalue weighted by atomic mass is 35.5. The Kier molecular flexibility index (Phi) is 2.88. The molecule has 0 radical (unpaired) electrons. The first kappa shape index (κ1) is 11.0. The average Bonchev–Trinajstić information content (AvgIpc) is 2.60. The Morgan fingerprint density at radius 2 is 2.12 bits per heavy atom. The fraction of sp³-hybridized carbons (Fsp3) is 0.250. The number of nitrogens with zero attached hydrogens (tertiary/aromatic N) is 1. The number of aromatic nitrogens is 1. The first-order chi connectivity index (χ1) is 7.58. The molecule has 0 atom stereocenters. The maximum atomic E-state index is 5.94. The largest absolute Gasteiger partial charge is 0.423 e. The zero-order valence-electron chi connectivity index (χ0n) is 9.20. The van der Waals surface area contributed by atoms with E-state index in [0.717, 1.165) is 11.3 Å². The normalized spacial score (nSPS) is 11.0. The van der Waals surface area contributed by atoms with Crippen LogP contribution < -0.4 is 5.73 Å². The van der Waals surface area contributed by atoms with E-state index in [9.17, 15) is 0 Å². The summed E-state index contributed by atoms with van der Waals surface area (Å²) < 4.78 is 5.43. The molecule has 1 heterocycles. The Labute approximate surface area is 99.2 Å². The van der Waals surface area contributed by atoms with E-state index in [1.807, 2.05) is 38.1 Å². The van der Waals surface area contributed by atoms with Crippen molar-refractivity contribution in [2.24, 2.45) is 0 Å². The number of hydrogen-bond donors (Lipinski definition) is 1. The molecule has 84 valence electrons. The van der Waals surface area contributed by atoms with Crippen molar-refractivity contribution in [3.63, 3.8) is 0 Å². The van der Waals surface area contributed by atoms with Crippen LogP contribution in [0.15, 0.2) is 28.7 Å². The molecule has 1 aromatic carbocycles. The molecule has 0 unspecified atom stereocenters. The number of halogens is 1. The van der Waals surface area contributed by atoms with E-state index in [4.69, 9.17) is 21.8 Å². The number of rotatable bonds is 2. The number of benzene rings is 1. The fourth-order valence-corrected chi connectivity index (χ4v) is 1.77. The molecular formula is C12H13ClN2O. The molecule has 2 rings (SSSR count). The van der Waals surface area contributed by atoms with Gasteiger partial charge in [0.2, 0.25) is 0 Å². The molecule has 3 nitrogen and oxygen atoms in total. The quantitative estimate of drug-likeness (QED) is 0.865. The summed E-state index contributed by atoms with van der Waals surface area (Å²) in [6.07, 6.45) is 0. The van der Waals surface area contributed by atoms with Gasteiger partial charge in [-0.05, 0) is 18.1 Å². The molecule has 0 amide bonds. The van der Waals surface area contributed by atoms with Gasteiger partial charge in [-0.2, -0.15) is 4.98 Å². The minimum atomic E-state index is 0.193. The lowest BCUT2D eigenvalue weighted by atomic mass is 10.0. The Morgan fingerprint density at radius 3 is 2.75 bits per heavy atom. The zero-order chi connectivity index (χ0) is 11.7. The van der Waals surface area contributed by atoms with Gasteiger partial charge in [-0.3, -0.25) is 0 Å². The second-order valence-electron chi connectivity index (χ2n) is 3.93. The van der Waals surface area contributed by atoms with E-state index < -0.39 is 0 Å². The molecule has 2 aromatic rings. The van der Waals surface area contributed by atoms with Gasteiger partial charge in [0, 0.05) is 10.6 Å². The fourth-order valence-electron chi connectivity index (χ4n) is 1.58. The Bertz CT molecular complexity index is 505. The summed E-state index contributed by atoms with van der Waals surface area (Å²) in [5.74, 6) is 0.963. The predicted molar refractivity (Wildman–Crippen MR) is 65.5 cm³/mol. The minimum Gasteiger partial charge on any atom is -0.423 e. The van der Waals surface area contributed by atoms with Crippen LogP contribution >= 0.6 is 11.6 Å². The molecule has 0 aliphatic carbocycles.